The first kappa shape index (κ1) is 19.9. The highest BCUT2D eigenvalue weighted by atomic mass is 16.6. The van der Waals surface area contributed by atoms with Crippen LogP contribution in [0.5, 0.6) is 5.75 Å². The highest BCUT2D eigenvalue weighted by molar-refractivity contribution is 5.87. The van der Waals surface area contributed by atoms with Gasteiger partial charge in [0.25, 0.3) is 0 Å². The van der Waals surface area contributed by atoms with Gasteiger partial charge in [-0.05, 0) is 45.7 Å². The van der Waals surface area contributed by atoms with Gasteiger partial charge in [-0.15, -0.1) is 0 Å². The highest BCUT2D eigenvalue weighted by Crippen LogP contribution is 2.25. The zero-order chi connectivity index (χ0) is 20.3. The van der Waals surface area contributed by atoms with E-state index >= 15 is 0 Å². The highest BCUT2D eigenvalue weighted by Gasteiger charge is 2.36. The Morgan fingerprint density at radius 2 is 2.04 bits per heavy atom. The molecular weight excluding hydrogens is 358 g/mol. The molecule has 3 rings (SSSR count). The molecule has 1 N–H and O–H groups in total. The summed E-state index contributed by atoms with van der Waals surface area (Å²) in [5.41, 5.74) is 0.916. The number of hydrogen-bond acceptors (Lipinski definition) is 5. The number of likely N-dealkylation sites (tertiary alicyclic amines) is 1. The van der Waals surface area contributed by atoms with Crippen molar-refractivity contribution in [3.63, 3.8) is 0 Å². The van der Waals surface area contributed by atoms with Crippen molar-refractivity contribution in [3.05, 3.63) is 36.0 Å². The number of para-hydroxylation sites is 1. The van der Waals surface area contributed by atoms with Crippen LogP contribution in [-0.4, -0.2) is 47.2 Å². The van der Waals surface area contributed by atoms with Crippen molar-refractivity contribution >= 4 is 22.9 Å². The van der Waals surface area contributed by atoms with E-state index in [-0.39, 0.29) is 12.5 Å². The van der Waals surface area contributed by atoms with E-state index in [1.165, 1.54) is 4.90 Å². The average molecular weight is 385 g/mol. The second-order valence-electron chi connectivity index (χ2n) is 7.88. The topological polar surface area (TPSA) is 80.8 Å². The van der Waals surface area contributed by atoms with Crippen LogP contribution in [0.2, 0.25) is 0 Å². The third-order valence-electron chi connectivity index (χ3n) is 4.58. The molecule has 0 radical (unpaired) electrons. The van der Waals surface area contributed by atoms with Crippen LogP contribution in [0.25, 0.3) is 10.9 Å². The van der Waals surface area contributed by atoms with Gasteiger partial charge in [-0.25, -0.2) is 4.79 Å². The van der Waals surface area contributed by atoms with Crippen LogP contribution in [0.1, 0.15) is 39.3 Å². The maximum Gasteiger partial charge on any atom is 0.410 e. The van der Waals surface area contributed by atoms with Gasteiger partial charge in [-0.2, -0.15) is 0 Å². The number of amides is 2. The molecule has 0 bridgehead atoms. The molecule has 7 heteroatoms. The smallest absolute Gasteiger partial charge is 0.410 e. The van der Waals surface area contributed by atoms with Gasteiger partial charge >= 0.3 is 6.09 Å². The first-order chi connectivity index (χ1) is 13.3. The van der Waals surface area contributed by atoms with E-state index in [9.17, 15) is 9.59 Å². The lowest BCUT2D eigenvalue weighted by molar-refractivity contribution is -0.125. The number of pyridine rings is 1. The van der Waals surface area contributed by atoms with E-state index in [4.69, 9.17) is 9.47 Å². The summed E-state index contributed by atoms with van der Waals surface area (Å²) in [6.07, 6.45) is 0.953. The predicted octanol–water partition coefficient (Wildman–Crippen LogP) is 3.26. The Hall–Kier alpha value is -2.83. The van der Waals surface area contributed by atoms with Gasteiger partial charge in [0.2, 0.25) is 5.91 Å². The van der Waals surface area contributed by atoms with Crippen molar-refractivity contribution in [3.8, 4) is 5.75 Å². The maximum atomic E-state index is 12.7. The normalized spacial score (nSPS) is 16.9. The molecule has 1 aliphatic rings. The fourth-order valence-corrected chi connectivity index (χ4v) is 3.33. The first-order valence-corrected chi connectivity index (χ1v) is 9.48. The zero-order valence-corrected chi connectivity index (χ0v) is 16.8. The molecule has 150 valence electrons. The molecule has 1 fully saturated rings. The molecule has 2 aromatic rings. The monoisotopic (exact) mass is 385 g/mol. The number of nitrogens with zero attached hydrogens (tertiary/aromatic N) is 2. The first-order valence-electron chi connectivity index (χ1n) is 9.48. The summed E-state index contributed by atoms with van der Waals surface area (Å²) in [7, 11) is 1.61. The number of carbonyl (C=O) groups excluding carboxylic acids is 2. The fourth-order valence-electron chi connectivity index (χ4n) is 3.33. The van der Waals surface area contributed by atoms with Crippen LogP contribution in [0.4, 0.5) is 4.79 Å². The summed E-state index contributed by atoms with van der Waals surface area (Å²) in [6, 6.07) is 9.00. The largest absolute Gasteiger partial charge is 0.496 e. The number of nitrogens with one attached hydrogen (secondary N) is 1. The molecule has 1 atom stereocenters. The second-order valence-corrected chi connectivity index (χ2v) is 7.88. The Bertz CT molecular complexity index is 876. The van der Waals surface area contributed by atoms with E-state index in [0.717, 1.165) is 17.3 Å². The number of carbonyl (C=O) groups is 2. The van der Waals surface area contributed by atoms with Gasteiger partial charge in [0, 0.05) is 18.0 Å². The minimum Gasteiger partial charge on any atom is -0.496 e. The lowest BCUT2D eigenvalue weighted by Gasteiger charge is -2.28. The van der Waals surface area contributed by atoms with Crippen LogP contribution in [-0.2, 0) is 16.1 Å². The van der Waals surface area contributed by atoms with E-state index in [1.54, 1.807) is 7.11 Å². The molecule has 1 aromatic heterocycles. The van der Waals surface area contributed by atoms with Gasteiger partial charge in [0.1, 0.15) is 17.4 Å². The average Bonchev–Trinajstić information content (AvgIpc) is 3.14. The maximum absolute atomic E-state index is 12.7. The predicted molar refractivity (Wildman–Crippen MR) is 106 cm³/mol. The minimum atomic E-state index is -0.591. The Labute approximate surface area is 165 Å². The molecule has 1 saturated heterocycles. The van der Waals surface area contributed by atoms with Crippen LogP contribution in [0.3, 0.4) is 0 Å². The van der Waals surface area contributed by atoms with Crippen molar-refractivity contribution in [2.75, 3.05) is 13.7 Å². The number of ether oxygens (including phenoxy) is 2. The summed E-state index contributed by atoms with van der Waals surface area (Å²) in [5, 5.41) is 3.82. The number of rotatable bonds is 4. The molecule has 28 heavy (non-hydrogen) atoms. The van der Waals surface area contributed by atoms with E-state index in [2.05, 4.69) is 10.3 Å². The molecule has 1 aromatic carbocycles. The lowest BCUT2D eigenvalue weighted by atomic mass is 10.1. The molecule has 0 unspecified atom stereocenters. The standard InChI is InChI=1S/C21H27N3O4/c1-21(2,3)28-20(26)24-11-7-10-17(24)19(25)22-13-14-12-18(27-4)15-8-5-6-9-16(15)23-14/h5-6,8-9,12,17H,7,10-11,13H2,1-4H3,(H,22,25)/t17-/m0/s1. The van der Waals surface area contributed by atoms with Crippen molar-refractivity contribution in [2.24, 2.45) is 0 Å². The molecular formula is C21H27N3O4. The summed E-state index contributed by atoms with van der Waals surface area (Å²) < 4.78 is 10.9. The SMILES string of the molecule is COc1cc(CNC(=O)[C@@H]2CCCN2C(=O)OC(C)(C)C)nc2ccccc12. The Kier molecular flexibility index (Phi) is 5.72. The zero-order valence-electron chi connectivity index (χ0n) is 16.8. The number of fused-ring (bicyclic) bond motifs is 1. The van der Waals surface area contributed by atoms with Crippen molar-refractivity contribution in [1.29, 1.82) is 0 Å². The van der Waals surface area contributed by atoms with Crippen LogP contribution < -0.4 is 10.1 Å². The summed E-state index contributed by atoms with van der Waals surface area (Å²) in [6.45, 7) is 6.23. The van der Waals surface area contributed by atoms with Gasteiger partial charge < -0.3 is 14.8 Å². The van der Waals surface area contributed by atoms with E-state index < -0.39 is 17.7 Å². The van der Waals surface area contributed by atoms with Gasteiger partial charge in [0.05, 0.1) is 24.9 Å². The van der Waals surface area contributed by atoms with Crippen LogP contribution in [0.15, 0.2) is 30.3 Å². The van der Waals surface area contributed by atoms with Crippen molar-refractivity contribution < 1.29 is 19.1 Å². The van der Waals surface area contributed by atoms with E-state index in [0.29, 0.717) is 24.4 Å². The Morgan fingerprint density at radius 3 is 2.75 bits per heavy atom. The third-order valence-corrected chi connectivity index (χ3v) is 4.58. The summed E-state index contributed by atoms with van der Waals surface area (Å²) >= 11 is 0. The number of methoxy groups -OCH3 is 1. The summed E-state index contributed by atoms with van der Waals surface area (Å²) in [5.74, 6) is 0.517. The van der Waals surface area contributed by atoms with Crippen LogP contribution in [0, 0.1) is 0 Å². The van der Waals surface area contributed by atoms with E-state index in [1.807, 2.05) is 51.1 Å². The summed E-state index contributed by atoms with van der Waals surface area (Å²) in [4.78, 5) is 31.2. The molecule has 2 amide bonds. The lowest BCUT2D eigenvalue weighted by Crippen LogP contribution is -2.47. The Balaban J connectivity index is 1.68. The quantitative estimate of drug-likeness (QED) is 0.874. The fraction of sp³-hybridized carbons (Fsp3) is 0.476. The van der Waals surface area contributed by atoms with Crippen molar-refractivity contribution in [2.45, 2.75) is 51.8 Å². The number of aromatic nitrogens is 1. The molecule has 7 nitrogen and oxygen atoms in total. The molecule has 0 saturated carbocycles. The van der Waals surface area contributed by atoms with Crippen LogP contribution >= 0.6 is 0 Å². The number of hydrogen-bond donors (Lipinski definition) is 1. The molecule has 0 spiro atoms. The van der Waals surface area contributed by atoms with Gasteiger partial charge in [-0.1, -0.05) is 12.1 Å². The molecule has 1 aliphatic heterocycles. The van der Waals surface area contributed by atoms with Gasteiger partial charge in [0.15, 0.2) is 0 Å². The molecule has 0 aliphatic carbocycles. The minimum absolute atomic E-state index is 0.197. The van der Waals surface area contributed by atoms with Crippen molar-refractivity contribution in [1.82, 2.24) is 15.2 Å². The number of benzene rings is 1. The van der Waals surface area contributed by atoms with Gasteiger partial charge in [-0.3, -0.25) is 14.7 Å². The molecule has 2 heterocycles. The third kappa shape index (κ3) is 4.52. The second kappa shape index (κ2) is 8.04. The Morgan fingerprint density at radius 1 is 1.29 bits per heavy atom.